The molecule has 2 aromatic carbocycles. The topological polar surface area (TPSA) is 0 Å². The first-order valence-corrected chi connectivity index (χ1v) is 4.95. The summed E-state index contributed by atoms with van der Waals surface area (Å²) in [4.78, 5) is 0. The smallest absolute Gasteiger partial charge is 0.262 e. The maximum Gasteiger partial charge on any atom is 1.00 e. The number of hydrogen-bond acceptors (Lipinski definition) is 0. The van der Waals surface area contributed by atoms with Crippen molar-refractivity contribution < 1.29 is 58.4 Å². The van der Waals surface area contributed by atoms with Crippen molar-refractivity contribution in [3.63, 3.8) is 0 Å². The van der Waals surface area contributed by atoms with E-state index in [9.17, 15) is 39.5 Å². The first-order chi connectivity index (χ1) is 9.68. The van der Waals surface area contributed by atoms with E-state index in [1.807, 2.05) is 0 Å². The van der Waals surface area contributed by atoms with Gasteiger partial charge in [0.15, 0.2) is 17.5 Å². The van der Waals surface area contributed by atoms with Crippen LogP contribution in [0, 0.1) is 58.4 Å². The molecule has 0 nitrogen and oxygen atoms in total. The molecule has 0 heterocycles. The summed E-state index contributed by atoms with van der Waals surface area (Å²) in [5, 5.41) is 0. The second-order valence-corrected chi connectivity index (χ2v) is 3.70. The minimum absolute atomic E-state index is 0. The Morgan fingerprint density at radius 3 is 1.27 bits per heavy atom. The van der Waals surface area contributed by atoms with Gasteiger partial charge in [-0.2, -0.15) is 0 Å². The Kier molecular flexibility index (Phi) is 5.25. The molecule has 0 fully saturated rings. The monoisotopic (exact) mass is 322 g/mol. The summed E-state index contributed by atoms with van der Waals surface area (Å²) < 4.78 is 117. The summed E-state index contributed by atoms with van der Waals surface area (Å²) in [6, 6.07) is 1.06. The molecule has 0 amide bonds. The molecule has 0 N–H and O–H groups in total. The van der Waals surface area contributed by atoms with Crippen molar-refractivity contribution in [3.8, 4) is 11.1 Å². The maximum absolute atomic E-state index is 13.4. The summed E-state index contributed by atoms with van der Waals surface area (Å²) in [5.74, 6) is -21.9. The van der Waals surface area contributed by atoms with Crippen molar-refractivity contribution in [1.29, 1.82) is 0 Å². The zero-order valence-corrected chi connectivity index (χ0v) is 10.4. The Morgan fingerprint density at radius 2 is 0.818 bits per heavy atom. The van der Waals surface area contributed by atoms with Gasteiger partial charge in [-0.3, -0.25) is 8.78 Å². The molecule has 0 saturated carbocycles. The number of hydrogen-bond donors (Lipinski definition) is 0. The number of rotatable bonds is 1. The van der Waals surface area contributed by atoms with Crippen LogP contribution < -0.4 is 18.9 Å². The summed E-state index contributed by atoms with van der Waals surface area (Å²) in [6.45, 7) is 0. The van der Waals surface area contributed by atoms with Gasteiger partial charge in [-0.15, -0.1) is 0 Å². The summed E-state index contributed by atoms with van der Waals surface area (Å²) in [7, 11) is 0. The Morgan fingerprint density at radius 1 is 0.455 bits per heavy atom. The third kappa shape index (κ3) is 2.59. The van der Waals surface area contributed by atoms with Gasteiger partial charge in [-0.05, 0) is 5.56 Å². The third-order valence-electron chi connectivity index (χ3n) is 2.49. The fraction of sp³-hybridized carbons (Fsp3) is 0. The Balaban J connectivity index is 0.00000242. The Bertz CT molecular complexity index is 728. The van der Waals surface area contributed by atoms with Crippen LogP contribution in [-0.4, -0.2) is 0 Å². The van der Waals surface area contributed by atoms with Crippen LogP contribution in [0.2, 0.25) is 0 Å². The zero-order valence-electron chi connectivity index (χ0n) is 10.4. The Labute approximate surface area is 128 Å². The van der Waals surface area contributed by atoms with Gasteiger partial charge in [0.2, 0.25) is 0 Å². The van der Waals surface area contributed by atoms with Gasteiger partial charge in [0.1, 0.15) is 23.3 Å². The van der Waals surface area contributed by atoms with Crippen LogP contribution in [0.15, 0.2) is 0 Å². The van der Waals surface area contributed by atoms with Crippen molar-refractivity contribution >= 4 is 0 Å². The molecule has 0 spiro atoms. The third-order valence-corrected chi connectivity index (χ3v) is 2.49. The molecule has 10 heteroatoms. The van der Waals surface area contributed by atoms with Crippen LogP contribution in [0.4, 0.5) is 39.5 Å². The van der Waals surface area contributed by atoms with Crippen molar-refractivity contribution in [2.45, 2.75) is 0 Å². The average molecular weight is 322 g/mol. The van der Waals surface area contributed by atoms with Crippen molar-refractivity contribution in [3.05, 3.63) is 58.4 Å². The molecule has 0 aromatic heterocycles. The standard InChI is InChI=1S/C12F9.Li/c13-3-1-2(5(14)9(18)6(3)15)4-7(16)10(19)12(21)11(20)8(4)17;/q-1;+1. The van der Waals surface area contributed by atoms with Crippen molar-refractivity contribution in [1.82, 2.24) is 0 Å². The van der Waals surface area contributed by atoms with E-state index in [4.69, 9.17) is 0 Å². The van der Waals surface area contributed by atoms with E-state index in [-0.39, 0.29) is 18.9 Å². The molecule has 2 aromatic rings. The fourth-order valence-electron chi connectivity index (χ4n) is 1.52. The normalized spacial score (nSPS) is 10.6. The van der Waals surface area contributed by atoms with Crippen molar-refractivity contribution in [2.75, 3.05) is 0 Å². The molecule has 22 heavy (non-hydrogen) atoms. The minimum Gasteiger partial charge on any atom is -0.262 e. The molecule has 0 atom stereocenters. The summed E-state index contributed by atoms with van der Waals surface area (Å²) in [6.07, 6.45) is 0. The largest absolute Gasteiger partial charge is 1.00 e. The van der Waals surface area contributed by atoms with E-state index in [0.717, 1.165) is 6.07 Å². The summed E-state index contributed by atoms with van der Waals surface area (Å²) in [5.41, 5.74) is -3.72. The van der Waals surface area contributed by atoms with E-state index < -0.39 is 63.5 Å². The molecule has 0 bridgehead atoms. The second-order valence-electron chi connectivity index (χ2n) is 3.70. The molecule has 112 valence electrons. The SMILES string of the molecule is Fc1[c-]c(-c2c(F)c(F)c(F)c(F)c2F)c(F)c(F)c1F.[Li+]. The van der Waals surface area contributed by atoms with Gasteiger partial charge < -0.3 is 0 Å². The first-order valence-electron chi connectivity index (χ1n) is 4.95. The van der Waals surface area contributed by atoms with E-state index in [0.29, 0.717) is 0 Å². The van der Waals surface area contributed by atoms with Crippen LogP contribution in [0.5, 0.6) is 0 Å². The first kappa shape index (κ1) is 18.5. The molecular formula is C12F9Li. The van der Waals surface area contributed by atoms with Crippen LogP contribution in [-0.2, 0) is 0 Å². The molecule has 0 saturated heterocycles. The predicted molar refractivity (Wildman–Crippen MR) is 50.3 cm³/mol. The van der Waals surface area contributed by atoms with Crippen LogP contribution in [0.1, 0.15) is 0 Å². The van der Waals surface area contributed by atoms with Gasteiger partial charge in [0, 0.05) is 0 Å². The van der Waals surface area contributed by atoms with Gasteiger partial charge in [0.05, 0.1) is 11.6 Å². The van der Waals surface area contributed by atoms with Crippen LogP contribution in [0.3, 0.4) is 0 Å². The molecule has 2 rings (SSSR count). The quantitative estimate of drug-likeness (QED) is 0.245. The predicted octanol–water partition coefficient (Wildman–Crippen LogP) is 1.41. The molecule has 0 unspecified atom stereocenters. The zero-order chi connectivity index (χ0) is 16.1. The van der Waals surface area contributed by atoms with Gasteiger partial charge in [-0.1, -0.05) is 11.6 Å². The van der Waals surface area contributed by atoms with Crippen molar-refractivity contribution in [2.24, 2.45) is 0 Å². The molecule has 0 radical (unpaired) electrons. The Hall–Kier alpha value is -1.59. The van der Waals surface area contributed by atoms with Crippen LogP contribution in [0.25, 0.3) is 11.1 Å². The molecule has 0 aliphatic carbocycles. The van der Waals surface area contributed by atoms with E-state index in [1.165, 1.54) is 0 Å². The van der Waals surface area contributed by atoms with E-state index in [2.05, 4.69) is 0 Å². The number of benzene rings is 2. The van der Waals surface area contributed by atoms with E-state index in [1.54, 1.807) is 0 Å². The maximum atomic E-state index is 13.4. The van der Waals surface area contributed by atoms with Gasteiger partial charge in [0.25, 0.3) is 0 Å². The van der Waals surface area contributed by atoms with Crippen LogP contribution >= 0.6 is 0 Å². The minimum atomic E-state index is -2.54. The average Bonchev–Trinajstić information content (AvgIpc) is 2.46. The van der Waals surface area contributed by atoms with Gasteiger partial charge >= 0.3 is 18.9 Å². The number of halogens is 9. The fourth-order valence-corrected chi connectivity index (χ4v) is 1.52. The van der Waals surface area contributed by atoms with Gasteiger partial charge in [-0.25, -0.2) is 30.7 Å². The van der Waals surface area contributed by atoms with E-state index >= 15 is 0 Å². The molecular weight excluding hydrogens is 322 g/mol. The molecule has 0 aliphatic rings. The second kappa shape index (κ2) is 6.26. The summed E-state index contributed by atoms with van der Waals surface area (Å²) >= 11 is 0. The molecule has 0 aliphatic heterocycles.